The quantitative estimate of drug-likeness (QED) is 0.654. The molecule has 1 aliphatic heterocycles. The van der Waals surface area contributed by atoms with Crippen LogP contribution >= 0.6 is 0 Å². The van der Waals surface area contributed by atoms with Crippen LogP contribution in [0.3, 0.4) is 0 Å². The first-order valence-corrected chi connectivity index (χ1v) is 9.57. The molecule has 5 rings (SSSR count). The topological polar surface area (TPSA) is 38.8 Å². The van der Waals surface area contributed by atoms with Crippen LogP contribution in [0.5, 0.6) is 11.5 Å². The fourth-order valence-electron chi connectivity index (χ4n) is 3.86. The van der Waals surface area contributed by atoms with Gasteiger partial charge in [0.1, 0.15) is 0 Å². The average Bonchev–Trinajstić information content (AvgIpc) is 3.43. The highest BCUT2D eigenvalue weighted by Gasteiger charge is 2.53. The number of para-hydroxylation sites is 1. The summed E-state index contributed by atoms with van der Waals surface area (Å²) in [5, 5.41) is 0. The molecule has 1 aliphatic carbocycles. The fourth-order valence-corrected chi connectivity index (χ4v) is 3.86. The van der Waals surface area contributed by atoms with Gasteiger partial charge in [0.05, 0.1) is 12.0 Å². The molecular formula is C24H21NO3. The van der Waals surface area contributed by atoms with E-state index in [2.05, 4.69) is 12.1 Å². The van der Waals surface area contributed by atoms with Crippen LogP contribution < -0.4 is 14.4 Å². The van der Waals surface area contributed by atoms with Gasteiger partial charge in [0.15, 0.2) is 11.5 Å². The molecule has 0 bridgehead atoms. The zero-order chi connectivity index (χ0) is 19.0. The van der Waals surface area contributed by atoms with Gasteiger partial charge in [-0.05, 0) is 48.2 Å². The summed E-state index contributed by atoms with van der Waals surface area (Å²) in [6, 6.07) is 25.9. The normalized spacial score (nSPS) is 15.9. The van der Waals surface area contributed by atoms with Gasteiger partial charge in [0.2, 0.25) is 12.7 Å². The third-order valence-corrected chi connectivity index (χ3v) is 5.58. The Kier molecular flexibility index (Phi) is 4.05. The molecular weight excluding hydrogens is 350 g/mol. The summed E-state index contributed by atoms with van der Waals surface area (Å²) in [6.45, 7) is 0.792. The smallest absolute Gasteiger partial charge is 0.237 e. The van der Waals surface area contributed by atoms with Crippen LogP contribution in [0, 0.1) is 0 Å². The van der Waals surface area contributed by atoms with Crippen molar-refractivity contribution in [3.05, 3.63) is 90.0 Å². The minimum absolute atomic E-state index is 0.140. The van der Waals surface area contributed by atoms with Crippen molar-refractivity contribution in [3.63, 3.8) is 0 Å². The van der Waals surface area contributed by atoms with Crippen molar-refractivity contribution in [2.75, 3.05) is 11.7 Å². The van der Waals surface area contributed by atoms with Gasteiger partial charge in [-0.25, -0.2) is 0 Å². The Morgan fingerprint density at radius 1 is 0.857 bits per heavy atom. The second-order valence-electron chi connectivity index (χ2n) is 7.36. The van der Waals surface area contributed by atoms with Gasteiger partial charge in [-0.3, -0.25) is 4.79 Å². The van der Waals surface area contributed by atoms with Crippen molar-refractivity contribution >= 4 is 11.6 Å². The molecule has 0 aromatic heterocycles. The molecule has 0 spiro atoms. The third-order valence-electron chi connectivity index (χ3n) is 5.58. The maximum Gasteiger partial charge on any atom is 0.237 e. The summed E-state index contributed by atoms with van der Waals surface area (Å²) in [6.07, 6.45) is 1.70. The molecule has 1 amide bonds. The van der Waals surface area contributed by atoms with Crippen molar-refractivity contribution in [1.29, 1.82) is 0 Å². The molecule has 0 atom stereocenters. The van der Waals surface area contributed by atoms with Crippen molar-refractivity contribution in [2.45, 2.75) is 24.8 Å². The molecule has 0 unspecified atom stereocenters. The Morgan fingerprint density at radius 3 is 2.25 bits per heavy atom. The average molecular weight is 371 g/mol. The van der Waals surface area contributed by atoms with E-state index < -0.39 is 5.41 Å². The highest BCUT2D eigenvalue weighted by Crippen LogP contribution is 2.52. The van der Waals surface area contributed by atoms with Crippen molar-refractivity contribution in [1.82, 2.24) is 0 Å². The first-order chi connectivity index (χ1) is 13.8. The molecule has 28 heavy (non-hydrogen) atoms. The van der Waals surface area contributed by atoms with Crippen molar-refractivity contribution in [2.24, 2.45) is 0 Å². The Hall–Kier alpha value is -3.27. The van der Waals surface area contributed by atoms with Gasteiger partial charge in [-0.2, -0.15) is 0 Å². The number of anilines is 1. The largest absolute Gasteiger partial charge is 0.454 e. The van der Waals surface area contributed by atoms with Crippen LogP contribution in [0.2, 0.25) is 0 Å². The second-order valence-corrected chi connectivity index (χ2v) is 7.36. The van der Waals surface area contributed by atoms with Gasteiger partial charge in [0, 0.05) is 5.69 Å². The highest BCUT2D eigenvalue weighted by molar-refractivity contribution is 6.03. The Bertz CT molecular complexity index is 997. The monoisotopic (exact) mass is 371 g/mol. The number of carbonyl (C=O) groups is 1. The van der Waals surface area contributed by atoms with E-state index in [4.69, 9.17) is 9.47 Å². The predicted octanol–water partition coefficient (Wildman–Crippen LogP) is 4.68. The van der Waals surface area contributed by atoms with Gasteiger partial charge in [-0.15, -0.1) is 0 Å². The van der Waals surface area contributed by atoms with E-state index in [1.165, 1.54) is 0 Å². The third kappa shape index (κ3) is 2.91. The van der Waals surface area contributed by atoms with Crippen LogP contribution in [0.25, 0.3) is 0 Å². The van der Waals surface area contributed by atoms with Crippen molar-refractivity contribution in [3.8, 4) is 11.5 Å². The number of benzene rings is 3. The molecule has 1 heterocycles. The first-order valence-electron chi connectivity index (χ1n) is 9.57. The minimum atomic E-state index is -0.481. The first kappa shape index (κ1) is 16.9. The van der Waals surface area contributed by atoms with E-state index in [-0.39, 0.29) is 12.7 Å². The van der Waals surface area contributed by atoms with Gasteiger partial charge >= 0.3 is 0 Å². The van der Waals surface area contributed by atoms with Crippen molar-refractivity contribution < 1.29 is 14.3 Å². The molecule has 0 radical (unpaired) electrons. The Morgan fingerprint density at radius 2 is 1.54 bits per heavy atom. The maximum atomic E-state index is 13.8. The fraction of sp³-hybridized carbons (Fsp3) is 0.208. The van der Waals surface area contributed by atoms with Gasteiger partial charge < -0.3 is 14.4 Å². The Balaban J connectivity index is 1.50. The summed E-state index contributed by atoms with van der Waals surface area (Å²) >= 11 is 0. The van der Waals surface area contributed by atoms with Crippen LogP contribution in [0.4, 0.5) is 5.69 Å². The summed E-state index contributed by atoms with van der Waals surface area (Å²) in [4.78, 5) is 15.7. The highest BCUT2D eigenvalue weighted by atomic mass is 16.7. The molecule has 0 saturated heterocycles. The number of nitrogens with zero attached hydrogens (tertiary/aromatic N) is 1. The second kappa shape index (κ2) is 6.71. The molecule has 1 saturated carbocycles. The number of fused-ring (bicyclic) bond motifs is 1. The molecule has 2 aliphatic rings. The van der Waals surface area contributed by atoms with Crippen LogP contribution in [0.15, 0.2) is 78.9 Å². The van der Waals surface area contributed by atoms with Gasteiger partial charge in [0.25, 0.3) is 0 Å². The standard InChI is InChI=1S/C24H21NO3/c26-23(24(13-14-24)19-11-12-21-22(15-19)28-17-27-21)25(20-9-5-2-6-10-20)16-18-7-3-1-4-8-18/h1-12,15H,13-14,16-17H2. The minimum Gasteiger partial charge on any atom is -0.454 e. The maximum absolute atomic E-state index is 13.8. The number of ether oxygens (including phenoxy) is 2. The zero-order valence-corrected chi connectivity index (χ0v) is 15.5. The van der Waals surface area contributed by atoms with E-state index >= 15 is 0 Å². The molecule has 4 nitrogen and oxygen atoms in total. The predicted molar refractivity (Wildman–Crippen MR) is 108 cm³/mol. The number of hydrogen-bond donors (Lipinski definition) is 0. The lowest BCUT2D eigenvalue weighted by Crippen LogP contribution is -2.39. The van der Waals surface area contributed by atoms with E-state index in [1.54, 1.807) is 0 Å². The molecule has 140 valence electrons. The van der Waals surface area contributed by atoms with E-state index in [1.807, 2.05) is 71.6 Å². The summed E-state index contributed by atoms with van der Waals surface area (Å²) in [5.74, 6) is 1.61. The number of hydrogen-bond acceptors (Lipinski definition) is 3. The summed E-state index contributed by atoms with van der Waals surface area (Å²) in [7, 11) is 0. The molecule has 1 fully saturated rings. The number of rotatable bonds is 5. The van der Waals surface area contributed by atoms with E-state index in [0.29, 0.717) is 6.54 Å². The number of amides is 1. The summed E-state index contributed by atoms with van der Waals surface area (Å²) < 4.78 is 11.0. The molecule has 0 N–H and O–H groups in total. The lowest BCUT2D eigenvalue weighted by atomic mass is 9.93. The number of carbonyl (C=O) groups excluding carboxylic acids is 1. The van der Waals surface area contributed by atoms with Crippen LogP contribution in [-0.4, -0.2) is 12.7 Å². The van der Waals surface area contributed by atoms with E-state index in [0.717, 1.165) is 41.2 Å². The lowest BCUT2D eigenvalue weighted by Gasteiger charge is -2.28. The van der Waals surface area contributed by atoms with Gasteiger partial charge in [-0.1, -0.05) is 54.6 Å². The SMILES string of the molecule is O=C(N(Cc1ccccc1)c1ccccc1)C1(c2ccc3c(c2)OCO3)CC1. The molecule has 3 aromatic carbocycles. The Labute approximate surface area is 164 Å². The van der Waals surface area contributed by atoms with Crippen LogP contribution in [0.1, 0.15) is 24.0 Å². The molecule has 3 aromatic rings. The lowest BCUT2D eigenvalue weighted by molar-refractivity contribution is -0.121. The molecule has 4 heteroatoms. The van der Waals surface area contributed by atoms with E-state index in [9.17, 15) is 4.79 Å². The summed E-state index contributed by atoms with van der Waals surface area (Å²) in [5.41, 5.74) is 2.56. The van der Waals surface area contributed by atoms with Crippen LogP contribution in [-0.2, 0) is 16.8 Å². The zero-order valence-electron chi connectivity index (χ0n) is 15.5.